The Bertz CT molecular complexity index is 83.7. The van der Waals surface area contributed by atoms with Crippen LogP contribution in [0.4, 0.5) is 0 Å². The van der Waals surface area contributed by atoms with E-state index in [2.05, 4.69) is 6.92 Å². The molecule has 0 aliphatic carbocycles. The van der Waals surface area contributed by atoms with Gasteiger partial charge in [0.05, 0.1) is 0 Å². The van der Waals surface area contributed by atoms with Gasteiger partial charge in [0, 0.05) is 5.97 Å². The molecule has 0 spiro atoms. The molecule has 3 heteroatoms. The number of carboxylic acid groups (broad SMARTS) is 1. The van der Waals surface area contributed by atoms with Crippen molar-refractivity contribution in [3.63, 3.8) is 0 Å². The van der Waals surface area contributed by atoms with Crippen LogP contribution >= 0.6 is 0 Å². The first-order valence-corrected chi connectivity index (χ1v) is 3.47. The molecule has 0 unspecified atom stereocenters. The number of carboxylic acids is 1. The van der Waals surface area contributed by atoms with Gasteiger partial charge in [-0.25, -0.2) is 0 Å². The van der Waals surface area contributed by atoms with E-state index in [1.807, 2.05) is 0 Å². The Balaban J connectivity index is 0. The number of unbranched alkanes of at least 4 members (excludes halogenated alkanes) is 3. The Hall–Kier alpha value is 1.52. The standard InChI is InChI=1S/C7H14O2.Cs/c1-2-3-4-5-6-7(8)9;/h2-6H2,1H3,(H,8,9);/q;+1/p-1. The SMILES string of the molecule is CCCCCCC(=O)[O-].[Cs+]. The van der Waals surface area contributed by atoms with Crippen molar-refractivity contribution < 1.29 is 78.8 Å². The van der Waals surface area contributed by atoms with E-state index in [9.17, 15) is 9.90 Å². The van der Waals surface area contributed by atoms with Gasteiger partial charge in [0.25, 0.3) is 0 Å². The first-order valence-electron chi connectivity index (χ1n) is 3.47. The molecule has 0 saturated heterocycles. The quantitative estimate of drug-likeness (QED) is 0.523. The van der Waals surface area contributed by atoms with Gasteiger partial charge in [-0.2, -0.15) is 0 Å². The zero-order valence-electron chi connectivity index (χ0n) is 6.85. The van der Waals surface area contributed by atoms with Gasteiger partial charge in [-0.1, -0.05) is 26.2 Å². The van der Waals surface area contributed by atoms with Crippen molar-refractivity contribution in [2.75, 3.05) is 0 Å². The molecule has 0 heterocycles. The maximum atomic E-state index is 9.85. The molecule has 0 radical (unpaired) electrons. The summed E-state index contributed by atoms with van der Waals surface area (Å²) >= 11 is 0. The fourth-order valence-corrected chi connectivity index (χ4v) is 0.696. The average Bonchev–Trinajstić information content (AvgIpc) is 1.80. The summed E-state index contributed by atoms with van der Waals surface area (Å²) in [5.74, 6) is -0.925. The summed E-state index contributed by atoms with van der Waals surface area (Å²) in [4.78, 5) is 9.85. The smallest absolute Gasteiger partial charge is 0.550 e. The molecule has 0 aliphatic rings. The second kappa shape index (κ2) is 10.5. The maximum absolute atomic E-state index is 9.85. The summed E-state index contributed by atoms with van der Waals surface area (Å²) in [5, 5.41) is 9.85. The normalized spacial score (nSPS) is 8.50. The van der Waals surface area contributed by atoms with Crippen LogP contribution in [0.3, 0.4) is 0 Å². The van der Waals surface area contributed by atoms with Crippen molar-refractivity contribution in [3.05, 3.63) is 0 Å². The second-order valence-corrected chi connectivity index (χ2v) is 2.18. The number of hydrogen-bond donors (Lipinski definition) is 0. The second-order valence-electron chi connectivity index (χ2n) is 2.18. The predicted octanol–water partition coefficient (Wildman–Crippen LogP) is -2.29. The van der Waals surface area contributed by atoms with E-state index in [1.54, 1.807) is 0 Å². The number of aliphatic carboxylic acids is 1. The van der Waals surface area contributed by atoms with Crippen LogP contribution in [0.5, 0.6) is 0 Å². The Morgan fingerprint density at radius 1 is 1.30 bits per heavy atom. The summed E-state index contributed by atoms with van der Waals surface area (Å²) in [7, 11) is 0. The van der Waals surface area contributed by atoms with E-state index in [0.717, 1.165) is 25.7 Å². The van der Waals surface area contributed by atoms with E-state index in [-0.39, 0.29) is 75.3 Å². The van der Waals surface area contributed by atoms with E-state index >= 15 is 0 Å². The van der Waals surface area contributed by atoms with Gasteiger partial charge in [0.2, 0.25) is 0 Å². The van der Waals surface area contributed by atoms with Crippen LogP contribution in [0.25, 0.3) is 0 Å². The fraction of sp³-hybridized carbons (Fsp3) is 0.857. The largest absolute Gasteiger partial charge is 1.00 e. The maximum Gasteiger partial charge on any atom is 1.00 e. The molecule has 0 bridgehead atoms. The van der Waals surface area contributed by atoms with Crippen molar-refractivity contribution in [2.24, 2.45) is 0 Å². The first kappa shape index (κ1) is 14.1. The van der Waals surface area contributed by atoms with Gasteiger partial charge >= 0.3 is 68.9 Å². The van der Waals surface area contributed by atoms with Crippen LogP contribution < -0.4 is 74.0 Å². The summed E-state index contributed by atoms with van der Waals surface area (Å²) in [6, 6.07) is 0. The fourth-order valence-electron chi connectivity index (χ4n) is 0.696. The summed E-state index contributed by atoms with van der Waals surface area (Å²) < 4.78 is 0. The third-order valence-corrected chi connectivity index (χ3v) is 1.23. The Labute approximate surface area is 121 Å². The molecule has 0 atom stereocenters. The molecule has 0 aliphatic heterocycles. The van der Waals surface area contributed by atoms with Crippen LogP contribution in [0.2, 0.25) is 0 Å². The summed E-state index contributed by atoms with van der Waals surface area (Å²) in [6.45, 7) is 2.10. The molecule has 2 nitrogen and oxygen atoms in total. The zero-order valence-corrected chi connectivity index (χ0v) is 13.1. The number of carbonyl (C=O) groups is 1. The van der Waals surface area contributed by atoms with Crippen molar-refractivity contribution in [3.8, 4) is 0 Å². The monoisotopic (exact) mass is 262 g/mol. The number of carbonyl (C=O) groups excluding carboxylic acids is 1. The first-order chi connectivity index (χ1) is 4.27. The Morgan fingerprint density at radius 3 is 2.30 bits per heavy atom. The minimum Gasteiger partial charge on any atom is -0.550 e. The van der Waals surface area contributed by atoms with Gasteiger partial charge < -0.3 is 9.90 Å². The third-order valence-electron chi connectivity index (χ3n) is 1.23. The van der Waals surface area contributed by atoms with Gasteiger partial charge in [0.1, 0.15) is 0 Å². The van der Waals surface area contributed by atoms with Crippen LogP contribution in [-0.2, 0) is 4.79 Å². The van der Waals surface area contributed by atoms with Gasteiger partial charge in [-0.05, 0) is 12.8 Å². The molecule has 0 amide bonds. The van der Waals surface area contributed by atoms with Crippen molar-refractivity contribution in [1.29, 1.82) is 0 Å². The molecule has 0 aromatic carbocycles. The summed E-state index contributed by atoms with van der Waals surface area (Å²) in [6.07, 6.45) is 4.29. The third kappa shape index (κ3) is 12.2. The molecular formula is C7H13CsO2. The average molecular weight is 262 g/mol. The number of hydrogen-bond acceptors (Lipinski definition) is 2. The molecule has 0 fully saturated rings. The van der Waals surface area contributed by atoms with Crippen molar-refractivity contribution in [2.45, 2.75) is 39.0 Å². The molecule has 0 saturated carbocycles. The number of rotatable bonds is 5. The van der Waals surface area contributed by atoms with E-state index in [4.69, 9.17) is 0 Å². The molecule has 10 heavy (non-hydrogen) atoms. The molecule has 54 valence electrons. The van der Waals surface area contributed by atoms with Crippen LogP contribution in [0, 0.1) is 0 Å². The van der Waals surface area contributed by atoms with Gasteiger partial charge in [-0.3, -0.25) is 0 Å². The zero-order chi connectivity index (χ0) is 7.11. The predicted molar refractivity (Wildman–Crippen MR) is 33.8 cm³/mol. The van der Waals surface area contributed by atoms with E-state index in [0.29, 0.717) is 0 Å². The van der Waals surface area contributed by atoms with Crippen LogP contribution in [0.1, 0.15) is 39.0 Å². The topological polar surface area (TPSA) is 40.1 Å². The van der Waals surface area contributed by atoms with E-state index in [1.165, 1.54) is 0 Å². The minimum absolute atomic E-state index is 0. The summed E-state index contributed by atoms with van der Waals surface area (Å²) in [5.41, 5.74) is 0. The molecule has 0 aromatic heterocycles. The molecular weight excluding hydrogens is 249 g/mol. The van der Waals surface area contributed by atoms with Gasteiger partial charge in [0.15, 0.2) is 0 Å². The molecule has 0 rings (SSSR count). The van der Waals surface area contributed by atoms with Crippen LogP contribution in [0.15, 0.2) is 0 Å². The molecule has 0 aromatic rings. The van der Waals surface area contributed by atoms with Crippen LogP contribution in [-0.4, -0.2) is 5.97 Å². The minimum atomic E-state index is -0.925. The van der Waals surface area contributed by atoms with Crippen molar-refractivity contribution in [1.82, 2.24) is 0 Å². The van der Waals surface area contributed by atoms with Gasteiger partial charge in [-0.15, -0.1) is 0 Å². The van der Waals surface area contributed by atoms with Crippen molar-refractivity contribution >= 4 is 5.97 Å². The Kier molecular flexibility index (Phi) is 14.8. The Morgan fingerprint density at radius 2 is 1.90 bits per heavy atom. The van der Waals surface area contributed by atoms with E-state index < -0.39 is 5.97 Å². The molecule has 0 N–H and O–H groups in total.